The third kappa shape index (κ3) is 6.04. The van der Waals surface area contributed by atoms with Crippen LogP contribution in [-0.2, 0) is 19.6 Å². The predicted molar refractivity (Wildman–Crippen MR) is 131 cm³/mol. The Labute approximate surface area is 210 Å². The van der Waals surface area contributed by atoms with Gasteiger partial charge in [-0.05, 0) is 55.3 Å². The topological polar surface area (TPSA) is 76.2 Å². The molecule has 7 nitrogen and oxygen atoms in total. The van der Waals surface area contributed by atoms with Gasteiger partial charge in [-0.3, -0.25) is 4.79 Å². The number of nitrogens with zero attached hydrogens (tertiary/aromatic N) is 2. The van der Waals surface area contributed by atoms with Gasteiger partial charge in [-0.15, -0.1) is 0 Å². The number of halogens is 2. The number of amides is 1. The molecule has 0 spiro atoms. The summed E-state index contributed by atoms with van der Waals surface area (Å²) in [6.45, 7) is 2.88. The summed E-state index contributed by atoms with van der Waals surface area (Å²) in [5, 5.41) is 0.957. The van der Waals surface area contributed by atoms with E-state index in [2.05, 4.69) is 0 Å². The molecule has 2 fully saturated rings. The van der Waals surface area contributed by atoms with Gasteiger partial charge in [0, 0.05) is 48.1 Å². The minimum absolute atomic E-state index is 0.00925. The van der Waals surface area contributed by atoms with Crippen LogP contribution in [0.15, 0.2) is 53.4 Å². The Bertz CT molecular complexity index is 1110. The molecule has 0 aliphatic carbocycles. The van der Waals surface area contributed by atoms with Crippen molar-refractivity contribution < 1.29 is 22.7 Å². The highest BCUT2D eigenvalue weighted by Crippen LogP contribution is 2.37. The molecule has 0 radical (unpaired) electrons. The molecule has 2 aromatic carbocycles. The summed E-state index contributed by atoms with van der Waals surface area (Å²) in [7, 11) is -3.77. The highest BCUT2D eigenvalue weighted by molar-refractivity contribution is 7.89. The van der Waals surface area contributed by atoms with E-state index in [-0.39, 0.29) is 30.4 Å². The molecule has 1 amide bonds. The number of carbonyl (C=O) groups excluding carboxylic acids is 1. The fraction of sp³-hybridized carbons (Fsp3) is 0.458. The summed E-state index contributed by atoms with van der Waals surface area (Å²) in [6, 6.07) is 13.3. The van der Waals surface area contributed by atoms with Crippen molar-refractivity contribution in [3.8, 4) is 5.75 Å². The van der Waals surface area contributed by atoms with Crippen LogP contribution in [0.4, 0.5) is 0 Å². The number of sulfonamides is 1. The molecule has 0 unspecified atom stereocenters. The number of carbonyl (C=O) groups is 1. The van der Waals surface area contributed by atoms with Crippen molar-refractivity contribution in [2.24, 2.45) is 5.41 Å². The molecular weight excluding hydrogens is 499 g/mol. The van der Waals surface area contributed by atoms with E-state index in [1.165, 1.54) is 10.4 Å². The largest absolute Gasteiger partial charge is 0.493 e. The van der Waals surface area contributed by atoms with Crippen molar-refractivity contribution >= 4 is 39.1 Å². The number of piperidine rings is 1. The first-order chi connectivity index (χ1) is 16.3. The highest BCUT2D eigenvalue weighted by atomic mass is 35.5. The molecular formula is C24H28Cl2N2O5S. The fourth-order valence-corrected chi connectivity index (χ4v) is 6.49. The van der Waals surface area contributed by atoms with E-state index in [4.69, 9.17) is 32.7 Å². The van der Waals surface area contributed by atoms with Crippen LogP contribution in [0, 0.1) is 5.41 Å². The predicted octanol–water partition coefficient (Wildman–Crippen LogP) is 4.09. The van der Waals surface area contributed by atoms with Crippen LogP contribution in [0.1, 0.15) is 19.3 Å². The number of hydrogen-bond acceptors (Lipinski definition) is 5. The third-order valence-electron chi connectivity index (χ3n) is 6.31. The second kappa shape index (κ2) is 10.8. The van der Waals surface area contributed by atoms with Crippen molar-refractivity contribution in [3.05, 3.63) is 58.6 Å². The molecule has 2 saturated heterocycles. The molecule has 10 heteroatoms. The molecule has 1 atom stereocenters. The van der Waals surface area contributed by atoms with Gasteiger partial charge in [-0.25, -0.2) is 8.42 Å². The van der Waals surface area contributed by atoms with E-state index in [9.17, 15) is 13.2 Å². The number of hydrogen-bond donors (Lipinski definition) is 0. The lowest BCUT2D eigenvalue weighted by Gasteiger charge is -2.42. The van der Waals surface area contributed by atoms with Crippen molar-refractivity contribution in [2.75, 3.05) is 46.0 Å². The van der Waals surface area contributed by atoms with E-state index in [0.717, 1.165) is 0 Å². The van der Waals surface area contributed by atoms with Gasteiger partial charge in [0.1, 0.15) is 5.75 Å². The number of rotatable bonds is 7. The molecule has 0 N–H and O–H groups in total. The maximum absolute atomic E-state index is 13.4. The van der Waals surface area contributed by atoms with Crippen LogP contribution in [0.5, 0.6) is 5.75 Å². The molecule has 0 aromatic heterocycles. The third-order valence-corrected chi connectivity index (χ3v) is 8.64. The maximum atomic E-state index is 13.4. The molecule has 2 aromatic rings. The molecule has 2 aliphatic rings. The summed E-state index contributed by atoms with van der Waals surface area (Å²) in [5.41, 5.74) is -0.668. The van der Waals surface area contributed by atoms with Crippen LogP contribution in [0.2, 0.25) is 10.0 Å². The number of benzene rings is 2. The molecule has 2 heterocycles. The zero-order chi connectivity index (χ0) is 24.2. The second-order valence-corrected chi connectivity index (χ2v) is 11.6. The lowest BCUT2D eigenvalue weighted by molar-refractivity contribution is -0.139. The number of ether oxygens (including phenoxy) is 2. The maximum Gasteiger partial charge on any atom is 0.243 e. The Balaban J connectivity index is 1.58. The lowest BCUT2D eigenvalue weighted by Crippen LogP contribution is -2.51. The smallest absolute Gasteiger partial charge is 0.243 e. The summed E-state index contributed by atoms with van der Waals surface area (Å²) >= 11 is 12.0. The Hall–Kier alpha value is -1.84. The quantitative estimate of drug-likeness (QED) is 0.542. The summed E-state index contributed by atoms with van der Waals surface area (Å²) in [6.07, 6.45) is 1.50. The standard InChI is InChI=1S/C24H28Cl2N2O5S/c25-19-5-7-21(8-6-19)33-18-24(16-23(29)27-11-13-32-14-12-27)9-2-10-28(17-24)34(30,31)22-4-1-3-20(26)15-22/h1,3-8,15H,2,9-14,16-18H2/t24-/m0/s1. The molecule has 2 aliphatic heterocycles. The second-order valence-electron chi connectivity index (χ2n) is 8.81. The molecule has 0 saturated carbocycles. The van der Waals surface area contributed by atoms with E-state index >= 15 is 0 Å². The SMILES string of the molecule is O=C(C[C@@]1(COc2ccc(Cl)cc2)CCCN(S(=O)(=O)c2cccc(Cl)c2)C1)N1CCOCC1. The van der Waals surface area contributed by atoms with Gasteiger partial charge in [0.05, 0.1) is 24.7 Å². The number of morpholine rings is 1. The summed E-state index contributed by atoms with van der Waals surface area (Å²) < 4.78 is 39.8. The highest BCUT2D eigenvalue weighted by Gasteiger charge is 2.43. The van der Waals surface area contributed by atoms with Crippen LogP contribution < -0.4 is 4.74 Å². The van der Waals surface area contributed by atoms with E-state index in [1.807, 2.05) is 0 Å². The monoisotopic (exact) mass is 526 g/mol. The molecule has 0 bridgehead atoms. The Morgan fingerprint density at radius 2 is 1.76 bits per heavy atom. The zero-order valence-electron chi connectivity index (χ0n) is 18.8. The van der Waals surface area contributed by atoms with Crippen molar-refractivity contribution in [1.29, 1.82) is 0 Å². The Kier molecular flexibility index (Phi) is 8.05. The van der Waals surface area contributed by atoms with E-state index < -0.39 is 15.4 Å². The van der Waals surface area contributed by atoms with Crippen LogP contribution in [-0.4, -0.2) is 69.5 Å². The van der Waals surface area contributed by atoms with Crippen LogP contribution in [0.3, 0.4) is 0 Å². The van der Waals surface area contributed by atoms with Gasteiger partial charge in [0.2, 0.25) is 15.9 Å². The summed E-state index contributed by atoms with van der Waals surface area (Å²) in [5.74, 6) is 0.613. The van der Waals surface area contributed by atoms with Gasteiger partial charge >= 0.3 is 0 Å². The van der Waals surface area contributed by atoms with Gasteiger partial charge in [0.25, 0.3) is 0 Å². The minimum atomic E-state index is -3.77. The van der Waals surface area contributed by atoms with E-state index in [1.54, 1.807) is 47.4 Å². The summed E-state index contributed by atoms with van der Waals surface area (Å²) in [4.78, 5) is 15.1. The first kappa shape index (κ1) is 25.3. The van der Waals surface area contributed by atoms with Crippen molar-refractivity contribution in [2.45, 2.75) is 24.2 Å². The average molecular weight is 527 g/mol. The average Bonchev–Trinajstić information content (AvgIpc) is 2.84. The molecule has 4 rings (SSSR count). The van der Waals surface area contributed by atoms with Gasteiger partial charge in [-0.1, -0.05) is 29.3 Å². The minimum Gasteiger partial charge on any atom is -0.493 e. The Morgan fingerprint density at radius 1 is 1.03 bits per heavy atom. The van der Waals surface area contributed by atoms with Crippen molar-refractivity contribution in [3.63, 3.8) is 0 Å². The van der Waals surface area contributed by atoms with Crippen LogP contribution in [0.25, 0.3) is 0 Å². The van der Waals surface area contributed by atoms with E-state index in [0.29, 0.717) is 61.5 Å². The zero-order valence-corrected chi connectivity index (χ0v) is 21.1. The molecule has 184 valence electrons. The van der Waals surface area contributed by atoms with Crippen molar-refractivity contribution in [1.82, 2.24) is 9.21 Å². The first-order valence-corrected chi connectivity index (χ1v) is 13.5. The fourth-order valence-electron chi connectivity index (χ4n) is 4.47. The first-order valence-electron chi connectivity index (χ1n) is 11.3. The van der Waals surface area contributed by atoms with Crippen LogP contribution >= 0.6 is 23.2 Å². The normalized spacial score (nSPS) is 21.9. The van der Waals surface area contributed by atoms with Gasteiger partial charge in [-0.2, -0.15) is 4.31 Å². The van der Waals surface area contributed by atoms with Gasteiger partial charge in [0.15, 0.2) is 0 Å². The lowest BCUT2D eigenvalue weighted by atomic mass is 9.78. The Morgan fingerprint density at radius 3 is 2.47 bits per heavy atom. The molecule has 34 heavy (non-hydrogen) atoms. The van der Waals surface area contributed by atoms with Gasteiger partial charge < -0.3 is 14.4 Å².